The summed E-state index contributed by atoms with van der Waals surface area (Å²) in [4.78, 5) is 8.85. The maximum atomic E-state index is 8.58. The zero-order chi connectivity index (χ0) is 29.7. The molecule has 0 aliphatic heterocycles. The van der Waals surface area contributed by atoms with Crippen molar-refractivity contribution in [2.45, 2.75) is 13.8 Å². The molecule has 208 valence electrons. The smallest absolute Gasteiger partial charge is 0.423 e. The summed E-state index contributed by atoms with van der Waals surface area (Å²) in [7, 11) is -1.34. The third-order valence-electron chi connectivity index (χ3n) is 6.31. The van der Waals surface area contributed by atoms with Crippen molar-refractivity contribution >= 4 is 28.5 Å². The first-order valence-corrected chi connectivity index (χ1v) is 14.4. The fourth-order valence-electron chi connectivity index (χ4n) is 4.04. The van der Waals surface area contributed by atoms with Crippen molar-refractivity contribution in [2.75, 3.05) is 0 Å². The SMILES string of the molecule is Cc1ccc(-c2cccc(-c3ccccc3)c2)nc1.Cc1ccc(-c2cccc(Br)c2)nc1.OB(O)c1ccccc1. The summed E-state index contributed by atoms with van der Waals surface area (Å²) in [5.41, 5.74) is 9.67. The first kappa shape index (κ1) is 30.6. The Morgan fingerprint density at radius 1 is 0.500 bits per heavy atom. The van der Waals surface area contributed by atoms with Crippen LogP contribution in [-0.4, -0.2) is 27.1 Å². The molecule has 0 saturated heterocycles. The molecule has 0 fully saturated rings. The van der Waals surface area contributed by atoms with Crippen LogP contribution in [0.2, 0.25) is 0 Å². The third-order valence-corrected chi connectivity index (χ3v) is 6.80. The van der Waals surface area contributed by atoms with Gasteiger partial charge in [-0.3, -0.25) is 9.97 Å². The van der Waals surface area contributed by atoms with E-state index in [0.29, 0.717) is 5.46 Å². The molecule has 0 spiro atoms. The second kappa shape index (κ2) is 15.6. The maximum absolute atomic E-state index is 8.58. The first-order valence-electron chi connectivity index (χ1n) is 13.6. The Kier molecular flexibility index (Phi) is 11.4. The van der Waals surface area contributed by atoms with Gasteiger partial charge in [0.05, 0.1) is 11.4 Å². The van der Waals surface area contributed by atoms with Crippen LogP contribution in [0, 0.1) is 13.8 Å². The van der Waals surface area contributed by atoms with E-state index in [9.17, 15) is 0 Å². The highest BCUT2D eigenvalue weighted by atomic mass is 79.9. The third kappa shape index (κ3) is 9.35. The summed E-state index contributed by atoms with van der Waals surface area (Å²) in [6, 6.07) is 44.0. The normalized spacial score (nSPS) is 10.0. The summed E-state index contributed by atoms with van der Waals surface area (Å²) in [6.45, 7) is 4.09. The molecule has 6 aromatic rings. The number of pyridine rings is 2. The summed E-state index contributed by atoms with van der Waals surface area (Å²) >= 11 is 3.45. The van der Waals surface area contributed by atoms with Crippen molar-refractivity contribution < 1.29 is 10.0 Å². The number of halogens is 1. The molecule has 0 aliphatic rings. The molecule has 6 rings (SSSR count). The summed E-state index contributed by atoms with van der Waals surface area (Å²) in [6.07, 6.45) is 3.79. The number of aryl methyl sites for hydroxylation is 2. The van der Waals surface area contributed by atoms with Gasteiger partial charge in [0.1, 0.15) is 0 Å². The second-order valence-corrected chi connectivity index (χ2v) is 10.6. The fraction of sp³-hybridized carbons (Fsp3) is 0.0556. The van der Waals surface area contributed by atoms with Crippen molar-refractivity contribution in [1.82, 2.24) is 9.97 Å². The minimum Gasteiger partial charge on any atom is -0.423 e. The van der Waals surface area contributed by atoms with Gasteiger partial charge in [0, 0.05) is 28.0 Å². The van der Waals surface area contributed by atoms with Gasteiger partial charge in [-0.25, -0.2) is 0 Å². The monoisotopic (exact) mass is 614 g/mol. The molecule has 4 aromatic carbocycles. The average Bonchev–Trinajstić information content (AvgIpc) is 3.03. The Morgan fingerprint density at radius 3 is 1.45 bits per heavy atom. The van der Waals surface area contributed by atoms with Gasteiger partial charge in [0.2, 0.25) is 0 Å². The lowest BCUT2D eigenvalue weighted by Gasteiger charge is -2.05. The Bertz CT molecular complexity index is 1660. The Hall–Kier alpha value is -4.36. The van der Waals surface area contributed by atoms with Crippen molar-refractivity contribution in [1.29, 1.82) is 0 Å². The molecular formula is C36H32BBrN2O2. The predicted molar refractivity (Wildman–Crippen MR) is 178 cm³/mol. The Labute approximate surface area is 256 Å². The van der Waals surface area contributed by atoms with Gasteiger partial charge in [-0.05, 0) is 71.9 Å². The maximum Gasteiger partial charge on any atom is 0.488 e. The molecule has 0 amide bonds. The lowest BCUT2D eigenvalue weighted by Crippen LogP contribution is -2.29. The summed E-state index contributed by atoms with van der Waals surface area (Å²) < 4.78 is 1.08. The van der Waals surface area contributed by atoms with E-state index in [1.807, 2.05) is 49.6 Å². The van der Waals surface area contributed by atoms with Gasteiger partial charge >= 0.3 is 7.12 Å². The largest absolute Gasteiger partial charge is 0.488 e. The molecule has 2 aromatic heterocycles. The molecule has 0 radical (unpaired) electrons. The number of nitrogens with zero attached hydrogens (tertiary/aromatic N) is 2. The molecule has 42 heavy (non-hydrogen) atoms. The standard InChI is InChI=1S/C18H15N.C12H10BrN.C6H7BO2/c1-14-10-11-18(19-13-14)17-9-5-8-16(12-17)15-6-3-2-4-7-15;1-9-5-6-12(14-8-9)10-3-2-4-11(13)7-10;8-7(9)6-4-2-1-3-5-6/h2-13H,1H3;2-8H,1H3;1-5,8-9H. The minimum atomic E-state index is -1.34. The molecule has 0 aliphatic carbocycles. The molecule has 0 unspecified atom stereocenters. The highest BCUT2D eigenvalue weighted by Crippen LogP contribution is 2.25. The van der Waals surface area contributed by atoms with Crippen LogP contribution >= 0.6 is 15.9 Å². The van der Waals surface area contributed by atoms with Crippen molar-refractivity contribution in [3.05, 3.63) is 161 Å². The number of hydrogen-bond acceptors (Lipinski definition) is 4. The molecule has 2 N–H and O–H groups in total. The number of hydrogen-bond donors (Lipinski definition) is 2. The van der Waals surface area contributed by atoms with E-state index in [1.165, 1.54) is 22.3 Å². The Balaban J connectivity index is 0.000000155. The topological polar surface area (TPSA) is 66.2 Å². The van der Waals surface area contributed by atoms with E-state index >= 15 is 0 Å². The zero-order valence-electron chi connectivity index (χ0n) is 23.6. The van der Waals surface area contributed by atoms with Crippen LogP contribution in [0.3, 0.4) is 0 Å². The highest BCUT2D eigenvalue weighted by Gasteiger charge is 2.07. The second-order valence-electron chi connectivity index (χ2n) is 9.68. The van der Waals surface area contributed by atoms with Crippen LogP contribution in [0.1, 0.15) is 11.1 Å². The van der Waals surface area contributed by atoms with Gasteiger partial charge in [-0.15, -0.1) is 0 Å². The van der Waals surface area contributed by atoms with Crippen LogP contribution < -0.4 is 5.46 Å². The molecular weight excluding hydrogens is 583 g/mol. The first-order chi connectivity index (χ1) is 20.4. The van der Waals surface area contributed by atoms with Crippen LogP contribution in [0.4, 0.5) is 0 Å². The summed E-state index contributed by atoms with van der Waals surface area (Å²) in [5.74, 6) is 0. The van der Waals surface area contributed by atoms with Crippen LogP contribution in [-0.2, 0) is 0 Å². The highest BCUT2D eigenvalue weighted by molar-refractivity contribution is 9.10. The van der Waals surface area contributed by atoms with E-state index in [1.54, 1.807) is 24.3 Å². The van der Waals surface area contributed by atoms with E-state index in [-0.39, 0.29) is 0 Å². The van der Waals surface area contributed by atoms with E-state index < -0.39 is 7.12 Å². The zero-order valence-corrected chi connectivity index (χ0v) is 25.2. The minimum absolute atomic E-state index is 0.525. The number of rotatable bonds is 4. The molecule has 4 nitrogen and oxygen atoms in total. The van der Waals surface area contributed by atoms with Gasteiger partial charge in [-0.1, -0.05) is 119 Å². The van der Waals surface area contributed by atoms with Crippen LogP contribution in [0.5, 0.6) is 0 Å². The molecule has 2 heterocycles. The van der Waals surface area contributed by atoms with Gasteiger partial charge in [0.25, 0.3) is 0 Å². The van der Waals surface area contributed by atoms with Gasteiger partial charge in [0.15, 0.2) is 0 Å². The lowest BCUT2D eigenvalue weighted by molar-refractivity contribution is 0.426. The molecule has 0 saturated carbocycles. The van der Waals surface area contributed by atoms with Gasteiger partial charge in [-0.2, -0.15) is 0 Å². The lowest BCUT2D eigenvalue weighted by atomic mass is 9.81. The van der Waals surface area contributed by atoms with Crippen molar-refractivity contribution in [3.8, 4) is 33.6 Å². The molecule has 0 bridgehead atoms. The number of aromatic nitrogens is 2. The van der Waals surface area contributed by atoms with Gasteiger partial charge < -0.3 is 10.0 Å². The van der Waals surface area contributed by atoms with E-state index in [4.69, 9.17) is 10.0 Å². The van der Waals surface area contributed by atoms with Crippen molar-refractivity contribution in [2.24, 2.45) is 0 Å². The Morgan fingerprint density at radius 2 is 0.976 bits per heavy atom. The van der Waals surface area contributed by atoms with Crippen LogP contribution in [0.25, 0.3) is 33.6 Å². The predicted octanol–water partition coefficient (Wildman–Crippen LogP) is 7.91. The van der Waals surface area contributed by atoms with Crippen molar-refractivity contribution in [3.63, 3.8) is 0 Å². The average molecular weight is 615 g/mol. The van der Waals surface area contributed by atoms with E-state index in [2.05, 4.69) is 112 Å². The van der Waals surface area contributed by atoms with Crippen LogP contribution in [0.15, 0.2) is 150 Å². The number of benzene rings is 4. The molecule has 6 heteroatoms. The van der Waals surface area contributed by atoms with E-state index in [0.717, 1.165) is 27.0 Å². The summed E-state index contributed by atoms with van der Waals surface area (Å²) in [5, 5.41) is 17.2. The fourth-order valence-corrected chi connectivity index (χ4v) is 4.44. The molecule has 0 atom stereocenters. The quantitative estimate of drug-likeness (QED) is 0.198.